The summed E-state index contributed by atoms with van der Waals surface area (Å²) in [5.41, 5.74) is 2.09. The van der Waals surface area contributed by atoms with Gasteiger partial charge in [-0.1, -0.05) is 45.9 Å². The minimum atomic E-state index is 0. The van der Waals surface area contributed by atoms with Crippen LogP contribution in [0.3, 0.4) is 0 Å². The quantitative estimate of drug-likeness (QED) is 0.776. The molecule has 80 valence electrons. The number of para-hydroxylation sites is 1. The van der Waals surface area contributed by atoms with Gasteiger partial charge in [0.15, 0.2) is 0 Å². The lowest BCUT2D eigenvalue weighted by Gasteiger charge is -2.14. The Hall–Kier alpha value is -1.02. The maximum atomic E-state index is 9.93. The molecule has 2 nitrogen and oxygen atoms in total. The summed E-state index contributed by atoms with van der Waals surface area (Å²) in [6, 6.07) is 6.00. The summed E-state index contributed by atoms with van der Waals surface area (Å²) in [5, 5.41) is 9.93. The predicted octanol–water partition coefficient (Wildman–Crippen LogP) is 2.81. The average Bonchev–Trinajstić information content (AvgIpc) is 2.03. The van der Waals surface area contributed by atoms with Crippen LogP contribution in [0.5, 0.6) is 5.75 Å². The largest absolute Gasteiger partial charge is 0.507 e. The summed E-state index contributed by atoms with van der Waals surface area (Å²) < 4.78 is 0. The summed E-state index contributed by atoms with van der Waals surface area (Å²) in [4.78, 5) is 0. The molecule has 0 aliphatic rings. The van der Waals surface area contributed by atoms with Crippen molar-refractivity contribution in [1.82, 2.24) is 0 Å². The van der Waals surface area contributed by atoms with Gasteiger partial charge in [0.05, 0.1) is 0 Å². The van der Waals surface area contributed by atoms with Gasteiger partial charge in [0.25, 0.3) is 0 Å². The highest BCUT2D eigenvalue weighted by molar-refractivity contribution is 5.43. The van der Waals surface area contributed by atoms with Gasteiger partial charge in [0, 0.05) is 0 Å². The van der Waals surface area contributed by atoms with E-state index in [0.717, 1.165) is 11.1 Å². The van der Waals surface area contributed by atoms with E-state index in [9.17, 15) is 5.11 Å². The molecule has 0 heterocycles. The van der Waals surface area contributed by atoms with Gasteiger partial charge in [-0.3, -0.25) is 0 Å². The van der Waals surface area contributed by atoms with Crippen LogP contribution >= 0.6 is 0 Å². The van der Waals surface area contributed by atoms with Gasteiger partial charge < -0.3 is 10.6 Å². The molecule has 0 radical (unpaired) electrons. The maximum absolute atomic E-state index is 9.93. The van der Waals surface area contributed by atoms with E-state index in [2.05, 4.69) is 27.7 Å². The van der Waals surface area contributed by atoms with E-state index >= 15 is 0 Å². The first-order valence-electron chi connectivity index (χ1n) is 4.85. The standard InChI is InChI=1S/C12H18O.H2O/c1-8(2)10-6-5-7-11(9(3)4)12(10)13;/h5-9,13H,1-4H3;1H2. The molecular weight excluding hydrogens is 176 g/mol. The van der Waals surface area contributed by atoms with E-state index < -0.39 is 0 Å². The third kappa shape index (κ3) is 2.48. The molecule has 1 aromatic rings. The molecule has 1 aromatic carbocycles. The Bertz CT molecular complexity index is 264. The fourth-order valence-electron chi connectivity index (χ4n) is 1.51. The first-order chi connectivity index (χ1) is 6.04. The summed E-state index contributed by atoms with van der Waals surface area (Å²) >= 11 is 0. The van der Waals surface area contributed by atoms with Crippen molar-refractivity contribution in [2.45, 2.75) is 39.5 Å². The van der Waals surface area contributed by atoms with Crippen molar-refractivity contribution in [2.75, 3.05) is 0 Å². The predicted molar refractivity (Wildman–Crippen MR) is 59.9 cm³/mol. The average molecular weight is 196 g/mol. The zero-order chi connectivity index (χ0) is 10.0. The highest BCUT2D eigenvalue weighted by Crippen LogP contribution is 2.32. The Morgan fingerprint density at radius 3 is 1.57 bits per heavy atom. The Morgan fingerprint density at radius 1 is 0.929 bits per heavy atom. The van der Waals surface area contributed by atoms with Gasteiger partial charge in [-0.2, -0.15) is 0 Å². The molecule has 0 aliphatic carbocycles. The summed E-state index contributed by atoms with van der Waals surface area (Å²) in [6.45, 7) is 8.39. The van der Waals surface area contributed by atoms with Crippen LogP contribution in [0, 0.1) is 0 Å². The van der Waals surface area contributed by atoms with E-state index in [0.29, 0.717) is 17.6 Å². The second-order valence-corrected chi connectivity index (χ2v) is 4.09. The zero-order valence-corrected chi connectivity index (χ0v) is 9.33. The lowest BCUT2D eigenvalue weighted by molar-refractivity contribution is 0.454. The Labute approximate surface area is 85.9 Å². The van der Waals surface area contributed by atoms with Crippen molar-refractivity contribution in [3.05, 3.63) is 29.3 Å². The van der Waals surface area contributed by atoms with Crippen LogP contribution in [0.4, 0.5) is 0 Å². The number of aromatic hydroxyl groups is 1. The molecule has 3 N–H and O–H groups in total. The van der Waals surface area contributed by atoms with E-state index in [-0.39, 0.29) is 5.48 Å². The van der Waals surface area contributed by atoms with Crippen LogP contribution in [0.1, 0.15) is 50.7 Å². The van der Waals surface area contributed by atoms with Crippen molar-refractivity contribution >= 4 is 0 Å². The summed E-state index contributed by atoms with van der Waals surface area (Å²) in [6.07, 6.45) is 0. The third-order valence-electron chi connectivity index (χ3n) is 2.34. The molecular formula is C12H20O2. The minimum Gasteiger partial charge on any atom is -0.507 e. The molecule has 0 aromatic heterocycles. The highest BCUT2D eigenvalue weighted by atomic mass is 16.3. The smallest absolute Gasteiger partial charge is 0.122 e. The molecule has 0 unspecified atom stereocenters. The van der Waals surface area contributed by atoms with Crippen LogP contribution in [0.25, 0.3) is 0 Å². The van der Waals surface area contributed by atoms with Crippen LogP contribution < -0.4 is 0 Å². The molecule has 0 fully saturated rings. The van der Waals surface area contributed by atoms with Gasteiger partial charge in [-0.15, -0.1) is 0 Å². The Kier molecular flexibility index (Phi) is 4.64. The van der Waals surface area contributed by atoms with Gasteiger partial charge >= 0.3 is 0 Å². The fourth-order valence-corrected chi connectivity index (χ4v) is 1.51. The van der Waals surface area contributed by atoms with Crippen LogP contribution in [0.15, 0.2) is 18.2 Å². The molecule has 0 bridgehead atoms. The maximum Gasteiger partial charge on any atom is 0.122 e. The van der Waals surface area contributed by atoms with E-state index in [4.69, 9.17) is 0 Å². The SMILES string of the molecule is CC(C)c1cccc(C(C)C)c1O.O. The van der Waals surface area contributed by atoms with Crippen molar-refractivity contribution in [1.29, 1.82) is 0 Å². The molecule has 14 heavy (non-hydrogen) atoms. The lowest BCUT2D eigenvalue weighted by atomic mass is 9.94. The normalized spacial score (nSPS) is 10.4. The molecule has 2 heteroatoms. The number of hydrogen-bond acceptors (Lipinski definition) is 1. The van der Waals surface area contributed by atoms with Crippen LogP contribution in [-0.4, -0.2) is 10.6 Å². The van der Waals surface area contributed by atoms with Gasteiger partial charge in [-0.05, 0) is 23.0 Å². The first kappa shape index (κ1) is 13.0. The molecule has 0 saturated heterocycles. The second kappa shape index (κ2) is 5.01. The first-order valence-corrected chi connectivity index (χ1v) is 4.85. The monoisotopic (exact) mass is 196 g/mol. The Morgan fingerprint density at radius 2 is 1.29 bits per heavy atom. The molecule has 0 spiro atoms. The van der Waals surface area contributed by atoms with Crippen LogP contribution in [0.2, 0.25) is 0 Å². The van der Waals surface area contributed by atoms with E-state index in [1.54, 1.807) is 0 Å². The van der Waals surface area contributed by atoms with Crippen molar-refractivity contribution in [3.8, 4) is 5.75 Å². The van der Waals surface area contributed by atoms with Crippen molar-refractivity contribution in [3.63, 3.8) is 0 Å². The number of benzene rings is 1. The number of hydrogen-bond donors (Lipinski definition) is 1. The van der Waals surface area contributed by atoms with Crippen molar-refractivity contribution in [2.24, 2.45) is 0 Å². The third-order valence-corrected chi connectivity index (χ3v) is 2.34. The zero-order valence-electron chi connectivity index (χ0n) is 9.33. The Balaban J connectivity index is 0.00000169. The molecule has 1 rings (SSSR count). The number of phenolic OH excluding ortho intramolecular Hbond substituents is 1. The van der Waals surface area contributed by atoms with Crippen LogP contribution in [-0.2, 0) is 0 Å². The molecule has 0 saturated carbocycles. The molecule has 0 aliphatic heterocycles. The summed E-state index contributed by atoms with van der Waals surface area (Å²) in [7, 11) is 0. The highest BCUT2D eigenvalue weighted by Gasteiger charge is 2.11. The summed E-state index contributed by atoms with van der Waals surface area (Å²) in [5.74, 6) is 1.25. The molecule has 0 atom stereocenters. The van der Waals surface area contributed by atoms with Gasteiger partial charge in [-0.25, -0.2) is 0 Å². The topological polar surface area (TPSA) is 51.7 Å². The molecule has 0 amide bonds. The van der Waals surface area contributed by atoms with E-state index in [1.807, 2.05) is 18.2 Å². The number of rotatable bonds is 2. The fraction of sp³-hybridized carbons (Fsp3) is 0.500. The van der Waals surface area contributed by atoms with E-state index in [1.165, 1.54) is 0 Å². The number of phenols is 1. The van der Waals surface area contributed by atoms with Gasteiger partial charge in [0.2, 0.25) is 0 Å². The van der Waals surface area contributed by atoms with Crippen molar-refractivity contribution < 1.29 is 10.6 Å². The second-order valence-electron chi connectivity index (χ2n) is 4.09. The minimum absolute atomic E-state index is 0. The lowest BCUT2D eigenvalue weighted by Crippen LogP contribution is -1.94. The van der Waals surface area contributed by atoms with Gasteiger partial charge in [0.1, 0.15) is 5.75 Å².